The van der Waals surface area contributed by atoms with Gasteiger partial charge in [0.2, 0.25) is 0 Å². The highest BCUT2D eigenvalue weighted by Gasteiger charge is 2.48. The predicted molar refractivity (Wildman–Crippen MR) is 135 cm³/mol. The van der Waals surface area contributed by atoms with Gasteiger partial charge in [0.1, 0.15) is 11.8 Å². The number of aromatic nitrogens is 1. The number of thiophene rings is 1. The van der Waals surface area contributed by atoms with Crippen LogP contribution in [0.5, 0.6) is 0 Å². The minimum atomic E-state index is -0.836. The molecule has 5 nitrogen and oxygen atoms in total. The Morgan fingerprint density at radius 1 is 1.06 bits per heavy atom. The summed E-state index contributed by atoms with van der Waals surface area (Å²) in [5.74, 6) is -1.89. The van der Waals surface area contributed by atoms with Crippen molar-refractivity contribution in [1.29, 1.82) is 0 Å². The van der Waals surface area contributed by atoms with Gasteiger partial charge in [0.25, 0.3) is 5.78 Å². The fourth-order valence-electron chi connectivity index (χ4n) is 3.69. The Morgan fingerprint density at radius 3 is 2.55 bits per heavy atom. The number of aryl methyl sites for hydroxylation is 1. The predicted octanol–water partition coefficient (Wildman–Crippen LogP) is 7.25. The van der Waals surface area contributed by atoms with Crippen molar-refractivity contribution in [2.24, 2.45) is 0 Å². The lowest BCUT2D eigenvalue weighted by Crippen LogP contribution is -2.28. The molecule has 1 aliphatic rings. The summed E-state index contributed by atoms with van der Waals surface area (Å²) in [7, 11) is 0. The Bertz CT molecular complexity index is 1440. The number of carbonyl (C=O) groups excluding carboxylic acids is 2. The molecule has 0 bridgehead atoms. The fraction of sp³-hybridized carbons (Fsp3) is 0.0870. The lowest BCUT2D eigenvalue weighted by Gasteiger charge is -2.21. The molecule has 0 radical (unpaired) electrons. The van der Waals surface area contributed by atoms with E-state index in [0.717, 1.165) is 10.3 Å². The first-order valence-corrected chi connectivity index (χ1v) is 12.5. The normalized spacial score (nSPS) is 17.9. The molecule has 2 aromatic heterocycles. The van der Waals surface area contributed by atoms with E-state index < -0.39 is 17.7 Å². The number of anilines is 1. The number of ketones is 1. The number of aliphatic hydroxyl groups is 1. The topological polar surface area (TPSA) is 70.5 Å². The van der Waals surface area contributed by atoms with Crippen molar-refractivity contribution >= 4 is 90.3 Å². The monoisotopic (exact) mass is 534 g/mol. The highest BCUT2D eigenvalue weighted by Crippen LogP contribution is 2.46. The third-order valence-corrected chi connectivity index (χ3v) is 8.40. The zero-order chi connectivity index (χ0) is 23.4. The number of aliphatic hydroxyl groups excluding tert-OH is 1. The molecule has 10 heteroatoms. The molecular weight excluding hydrogens is 523 g/mol. The molecular formula is C23H13Cl3N2O3S2. The fourth-order valence-corrected chi connectivity index (χ4v) is 6.04. The molecule has 0 spiro atoms. The van der Waals surface area contributed by atoms with Gasteiger partial charge in [-0.25, -0.2) is 4.98 Å². The summed E-state index contributed by atoms with van der Waals surface area (Å²) in [5.41, 5.74) is 1.77. The molecule has 33 heavy (non-hydrogen) atoms. The Balaban J connectivity index is 1.71. The number of benzene rings is 2. The van der Waals surface area contributed by atoms with Gasteiger partial charge in [-0.3, -0.25) is 14.5 Å². The van der Waals surface area contributed by atoms with Gasteiger partial charge in [-0.05, 0) is 54.3 Å². The van der Waals surface area contributed by atoms with E-state index in [4.69, 9.17) is 34.8 Å². The minimum absolute atomic E-state index is 0.0330. The summed E-state index contributed by atoms with van der Waals surface area (Å²) in [5, 5.41) is 14.4. The third-order valence-electron chi connectivity index (χ3n) is 5.31. The molecule has 4 aromatic rings. The van der Waals surface area contributed by atoms with Gasteiger partial charge in [-0.1, -0.05) is 52.2 Å². The van der Waals surface area contributed by atoms with Crippen LogP contribution in [0.3, 0.4) is 0 Å². The van der Waals surface area contributed by atoms with E-state index in [2.05, 4.69) is 4.98 Å². The van der Waals surface area contributed by atoms with Gasteiger partial charge < -0.3 is 5.11 Å². The third kappa shape index (κ3) is 3.74. The summed E-state index contributed by atoms with van der Waals surface area (Å²) in [6.45, 7) is 1.89. The molecule has 2 aromatic carbocycles. The van der Waals surface area contributed by atoms with Crippen LogP contribution in [0.1, 0.15) is 22.0 Å². The van der Waals surface area contributed by atoms with E-state index in [1.165, 1.54) is 39.7 Å². The van der Waals surface area contributed by atoms with E-state index in [1.54, 1.807) is 12.1 Å². The van der Waals surface area contributed by atoms with Crippen LogP contribution in [0.2, 0.25) is 15.1 Å². The summed E-state index contributed by atoms with van der Waals surface area (Å²) in [6, 6.07) is 11.0. The lowest BCUT2D eigenvalue weighted by molar-refractivity contribution is -0.132. The average molecular weight is 536 g/mol. The second-order valence-corrected chi connectivity index (χ2v) is 10.6. The number of fused-ring (bicyclic) bond motifs is 1. The Kier molecular flexibility index (Phi) is 5.71. The van der Waals surface area contributed by atoms with Crippen LogP contribution >= 0.6 is 57.5 Å². The molecule has 1 unspecified atom stereocenters. The van der Waals surface area contributed by atoms with Crippen molar-refractivity contribution in [2.45, 2.75) is 13.0 Å². The van der Waals surface area contributed by atoms with Gasteiger partial charge in [0.05, 0.1) is 25.8 Å². The van der Waals surface area contributed by atoms with Crippen molar-refractivity contribution in [3.05, 3.63) is 84.5 Å². The molecule has 1 N–H and O–H groups in total. The molecule has 3 heterocycles. The van der Waals surface area contributed by atoms with E-state index in [9.17, 15) is 14.7 Å². The summed E-state index contributed by atoms with van der Waals surface area (Å²) < 4.78 is 0.836. The average Bonchev–Trinajstić information content (AvgIpc) is 3.49. The van der Waals surface area contributed by atoms with Crippen molar-refractivity contribution in [3.8, 4) is 0 Å². The number of amides is 1. The quantitative estimate of drug-likeness (QED) is 0.170. The van der Waals surface area contributed by atoms with Crippen LogP contribution in [0, 0.1) is 6.92 Å². The van der Waals surface area contributed by atoms with Crippen LogP contribution in [0.4, 0.5) is 5.13 Å². The first-order chi connectivity index (χ1) is 15.8. The number of hydrogen-bond acceptors (Lipinski definition) is 6. The number of thiazole rings is 1. The molecule has 1 fully saturated rings. The maximum absolute atomic E-state index is 13.2. The number of halogens is 3. The SMILES string of the molecule is Cc1cc2sc(N3C(=O)C(=O)/C(=C(/O)c4ccc(Cl)c(Cl)c4)C3c3cccs3)nc2cc1Cl. The molecule has 1 amide bonds. The Morgan fingerprint density at radius 2 is 1.85 bits per heavy atom. The number of hydrogen-bond donors (Lipinski definition) is 1. The first kappa shape index (κ1) is 22.4. The standard InChI is InChI=1S/C23H13Cl3N2O3S2/c1-10-7-17-15(9-13(10)25)27-23(33-17)28-19(16-3-2-6-32-16)18(21(30)22(28)31)20(29)11-4-5-12(24)14(26)8-11/h2-9,19,29H,1H3/b20-18+. The Hall–Kier alpha value is -2.42. The van der Waals surface area contributed by atoms with Crippen molar-refractivity contribution < 1.29 is 14.7 Å². The zero-order valence-corrected chi connectivity index (χ0v) is 20.7. The Labute approximate surface area is 211 Å². The molecule has 0 aliphatic carbocycles. The highest BCUT2D eigenvalue weighted by molar-refractivity contribution is 7.22. The van der Waals surface area contributed by atoms with Gasteiger partial charge >= 0.3 is 5.91 Å². The van der Waals surface area contributed by atoms with Crippen LogP contribution in [0.25, 0.3) is 16.0 Å². The van der Waals surface area contributed by atoms with Crippen LogP contribution in [0.15, 0.2) is 53.4 Å². The molecule has 0 saturated carbocycles. The van der Waals surface area contributed by atoms with E-state index in [0.29, 0.717) is 25.6 Å². The van der Waals surface area contributed by atoms with Crippen LogP contribution in [-0.4, -0.2) is 21.8 Å². The van der Waals surface area contributed by atoms with Crippen molar-refractivity contribution in [1.82, 2.24) is 4.98 Å². The second-order valence-electron chi connectivity index (χ2n) is 7.38. The minimum Gasteiger partial charge on any atom is -0.507 e. The van der Waals surface area contributed by atoms with Gasteiger partial charge in [0, 0.05) is 15.5 Å². The van der Waals surface area contributed by atoms with Crippen molar-refractivity contribution in [2.75, 3.05) is 4.90 Å². The summed E-state index contributed by atoms with van der Waals surface area (Å²) in [4.78, 5) is 33.0. The molecule has 166 valence electrons. The number of Topliss-reactive ketones (excluding diaryl/α,β-unsaturated/α-hetero) is 1. The van der Waals surface area contributed by atoms with Gasteiger partial charge in [-0.15, -0.1) is 11.3 Å². The molecule has 1 atom stereocenters. The van der Waals surface area contributed by atoms with Gasteiger partial charge in [-0.2, -0.15) is 0 Å². The first-order valence-electron chi connectivity index (χ1n) is 9.62. The smallest absolute Gasteiger partial charge is 0.301 e. The van der Waals surface area contributed by atoms with E-state index in [-0.39, 0.29) is 21.9 Å². The van der Waals surface area contributed by atoms with E-state index >= 15 is 0 Å². The summed E-state index contributed by atoms with van der Waals surface area (Å²) in [6.07, 6.45) is 0. The van der Waals surface area contributed by atoms with Crippen molar-refractivity contribution in [3.63, 3.8) is 0 Å². The summed E-state index contributed by atoms with van der Waals surface area (Å²) >= 11 is 21.0. The largest absolute Gasteiger partial charge is 0.507 e. The highest BCUT2D eigenvalue weighted by atomic mass is 35.5. The maximum atomic E-state index is 13.2. The van der Waals surface area contributed by atoms with Crippen LogP contribution in [-0.2, 0) is 9.59 Å². The number of carbonyl (C=O) groups is 2. The van der Waals surface area contributed by atoms with Gasteiger partial charge in [0.15, 0.2) is 5.13 Å². The molecule has 5 rings (SSSR count). The lowest BCUT2D eigenvalue weighted by atomic mass is 10.00. The number of rotatable bonds is 3. The van der Waals surface area contributed by atoms with Crippen LogP contribution < -0.4 is 4.90 Å². The zero-order valence-electron chi connectivity index (χ0n) is 16.8. The van der Waals surface area contributed by atoms with E-state index in [1.807, 2.05) is 30.5 Å². The number of nitrogens with zero attached hydrogens (tertiary/aromatic N) is 2. The maximum Gasteiger partial charge on any atom is 0.301 e. The second kappa shape index (κ2) is 8.42. The molecule has 1 aliphatic heterocycles. The molecule has 1 saturated heterocycles.